The lowest BCUT2D eigenvalue weighted by Gasteiger charge is -2.30. The highest BCUT2D eigenvalue weighted by molar-refractivity contribution is 9.10. The number of halogens is 3. The Labute approximate surface area is 160 Å². The molecule has 132 valence electrons. The lowest BCUT2D eigenvalue weighted by atomic mass is 10.1. The van der Waals surface area contributed by atoms with Crippen molar-refractivity contribution < 1.29 is 4.74 Å². The first-order chi connectivity index (χ1) is 10.9. The van der Waals surface area contributed by atoms with E-state index in [-0.39, 0.29) is 0 Å². The van der Waals surface area contributed by atoms with Gasteiger partial charge in [0.15, 0.2) is 0 Å². The van der Waals surface area contributed by atoms with Crippen LogP contribution in [0.5, 0.6) is 5.75 Å². The molecule has 6 heteroatoms. The summed E-state index contributed by atoms with van der Waals surface area (Å²) >= 11 is 3.77. The molecule has 0 aliphatic carbocycles. The number of hydrogen-bond acceptors (Lipinski definition) is 1. The lowest BCUT2D eigenvalue weighted by molar-refractivity contribution is 0.411. The van der Waals surface area contributed by atoms with Crippen molar-refractivity contribution in [2.75, 3.05) is 30.1 Å². The normalized spacial score (nSPS) is 25.2. The van der Waals surface area contributed by atoms with Gasteiger partial charge >= 0.3 is 0 Å². The first kappa shape index (κ1) is 18.6. The fourth-order valence-corrected chi connectivity index (χ4v) is 11.7. The Morgan fingerprint density at radius 3 is 1.87 bits per heavy atom. The third kappa shape index (κ3) is 4.49. The van der Waals surface area contributed by atoms with Crippen LogP contribution in [0.1, 0.15) is 36.8 Å². The zero-order chi connectivity index (χ0) is 16.5. The van der Waals surface area contributed by atoms with Crippen molar-refractivity contribution in [1.29, 1.82) is 0 Å². The number of benzene rings is 1. The fourth-order valence-electron chi connectivity index (χ4n) is 3.54. The largest absolute Gasteiger partial charge is 0.496 e. The molecule has 23 heavy (non-hydrogen) atoms. The molecule has 0 saturated carbocycles. The SMILES string of the molecule is COc1cc(CS2(Cl)CCCC2)c(Br)cc1CS1(Cl)CCCC1. The zero-order valence-electron chi connectivity index (χ0n) is 13.6. The van der Waals surface area contributed by atoms with Gasteiger partial charge in [0, 0.05) is 21.5 Å². The van der Waals surface area contributed by atoms with Gasteiger partial charge in [0.25, 0.3) is 0 Å². The van der Waals surface area contributed by atoms with E-state index in [1.165, 1.54) is 64.3 Å². The van der Waals surface area contributed by atoms with Gasteiger partial charge in [-0.3, -0.25) is 0 Å². The number of rotatable bonds is 5. The second-order valence-electron chi connectivity index (χ2n) is 6.65. The highest BCUT2D eigenvalue weighted by Crippen LogP contribution is 2.63. The second-order valence-corrected chi connectivity index (χ2v) is 17.4. The molecule has 0 aromatic heterocycles. The Kier molecular flexibility index (Phi) is 6.11. The molecule has 0 radical (unpaired) electrons. The summed E-state index contributed by atoms with van der Waals surface area (Å²) in [6.45, 7) is 0. The van der Waals surface area contributed by atoms with Crippen LogP contribution in [-0.4, -0.2) is 30.1 Å². The average molecular weight is 460 g/mol. The molecule has 3 rings (SSSR count). The molecule has 0 bridgehead atoms. The fraction of sp³-hybridized carbons (Fsp3) is 0.647. The summed E-state index contributed by atoms with van der Waals surface area (Å²) in [7, 11) is 13.5. The van der Waals surface area contributed by atoms with Gasteiger partial charge in [-0.1, -0.05) is 37.3 Å². The summed E-state index contributed by atoms with van der Waals surface area (Å²) in [6, 6.07) is 4.43. The van der Waals surface area contributed by atoms with Crippen LogP contribution < -0.4 is 4.74 Å². The van der Waals surface area contributed by atoms with Crippen molar-refractivity contribution in [2.24, 2.45) is 0 Å². The maximum atomic E-state index is 6.88. The molecule has 0 spiro atoms. The van der Waals surface area contributed by atoms with Crippen LogP contribution in [0.15, 0.2) is 16.6 Å². The first-order valence-electron chi connectivity index (χ1n) is 8.20. The van der Waals surface area contributed by atoms with Crippen molar-refractivity contribution in [2.45, 2.75) is 37.2 Å². The van der Waals surface area contributed by atoms with E-state index in [0.29, 0.717) is 0 Å². The number of hydrogen-bond donors (Lipinski definition) is 0. The molecule has 0 N–H and O–H groups in total. The molecule has 2 aliphatic heterocycles. The smallest absolute Gasteiger partial charge is 0.123 e. The molecule has 1 nitrogen and oxygen atoms in total. The van der Waals surface area contributed by atoms with E-state index in [2.05, 4.69) is 28.1 Å². The third-order valence-corrected chi connectivity index (χ3v) is 13.8. The van der Waals surface area contributed by atoms with Crippen LogP contribution in [0.4, 0.5) is 0 Å². The standard InChI is InChI=1S/C17H25BrCl2OS2/c1-21-17-11-14(12-22(19)6-2-3-7-22)16(18)10-15(17)13-23(20)8-4-5-9-23/h10-11H,2-9,12-13H2,1H3. The summed E-state index contributed by atoms with van der Waals surface area (Å²) in [5.74, 6) is 7.71. The number of ether oxygens (including phenoxy) is 1. The Morgan fingerprint density at radius 2 is 1.39 bits per heavy atom. The number of methoxy groups -OCH3 is 1. The molecule has 2 heterocycles. The van der Waals surface area contributed by atoms with Gasteiger partial charge in [-0.2, -0.15) is 18.5 Å². The van der Waals surface area contributed by atoms with Gasteiger partial charge in [-0.25, -0.2) is 0 Å². The molecule has 0 atom stereocenters. The first-order valence-corrected chi connectivity index (χ1v) is 14.9. The quantitative estimate of drug-likeness (QED) is 0.462. The van der Waals surface area contributed by atoms with E-state index >= 15 is 0 Å². The minimum absolute atomic E-state index is 0.968. The van der Waals surface area contributed by atoms with Gasteiger partial charge < -0.3 is 4.74 Å². The summed E-state index contributed by atoms with van der Waals surface area (Å²) in [5.41, 5.74) is 2.54. The maximum Gasteiger partial charge on any atom is 0.123 e. The van der Waals surface area contributed by atoms with E-state index < -0.39 is 18.5 Å². The minimum Gasteiger partial charge on any atom is -0.496 e. The molecule has 1 aromatic rings. The van der Waals surface area contributed by atoms with Crippen molar-refractivity contribution in [3.05, 3.63) is 27.7 Å². The molecule has 0 amide bonds. The van der Waals surface area contributed by atoms with Crippen molar-refractivity contribution in [1.82, 2.24) is 0 Å². The molecule has 1 aromatic carbocycles. The molecular weight excluding hydrogens is 435 g/mol. The Hall–Kier alpha value is 0.780. The van der Waals surface area contributed by atoms with Gasteiger partial charge in [-0.05, 0) is 66.4 Å². The van der Waals surface area contributed by atoms with Crippen LogP contribution >= 0.6 is 55.8 Å². The Balaban J connectivity index is 1.83. The maximum absolute atomic E-state index is 6.88. The van der Waals surface area contributed by atoms with Gasteiger partial charge in [-0.15, -0.1) is 0 Å². The van der Waals surface area contributed by atoms with Crippen LogP contribution in [-0.2, 0) is 11.5 Å². The van der Waals surface area contributed by atoms with E-state index in [9.17, 15) is 0 Å². The molecule has 2 aliphatic rings. The van der Waals surface area contributed by atoms with Crippen LogP contribution in [0, 0.1) is 0 Å². The van der Waals surface area contributed by atoms with Gasteiger partial charge in [0.2, 0.25) is 0 Å². The van der Waals surface area contributed by atoms with E-state index in [0.717, 1.165) is 17.3 Å². The molecule has 0 unspecified atom stereocenters. The van der Waals surface area contributed by atoms with Crippen LogP contribution in [0.25, 0.3) is 0 Å². The second kappa shape index (κ2) is 7.57. The highest BCUT2D eigenvalue weighted by atomic mass is 79.9. The zero-order valence-corrected chi connectivity index (χ0v) is 18.3. The summed E-state index contributed by atoms with van der Waals surface area (Å²) in [4.78, 5) is 0. The van der Waals surface area contributed by atoms with Gasteiger partial charge in [0.1, 0.15) is 5.75 Å². The van der Waals surface area contributed by atoms with E-state index in [1.807, 2.05) is 0 Å². The molecule has 2 fully saturated rings. The monoisotopic (exact) mass is 458 g/mol. The topological polar surface area (TPSA) is 9.23 Å². The van der Waals surface area contributed by atoms with Crippen LogP contribution in [0.2, 0.25) is 0 Å². The minimum atomic E-state index is -1.00. The Morgan fingerprint density at radius 1 is 0.913 bits per heavy atom. The average Bonchev–Trinajstić information content (AvgIpc) is 3.11. The summed E-state index contributed by atoms with van der Waals surface area (Å²) in [6.07, 6.45) is 5.12. The molecular formula is C17H25BrCl2OS2. The predicted molar refractivity (Wildman–Crippen MR) is 113 cm³/mol. The van der Waals surface area contributed by atoms with E-state index in [4.69, 9.17) is 26.1 Å². The Bertz CT molecular complexity index is 570. The summed E-state index contributed by atoms with van der Waals surface area (Å²) in [5, 5.41) is 0. The van der Waals surface area contributed by atoms with E-state index in [1.54, 1.807) is 7.11 Å². The molecule has 2 saturated heterocycles. The van der Waals surface area contributed by atoms with Gasteiger partial charge in [0.05, 0.1) is 7.11 Å². The predicted octanol–water partition coefficient (Wildman–Crippen LogP) is 6.96. The van der Waals surface area contributed by atoms with Crippen molar-refractivity contribution >= 4 is 55.8 Å². The third-order valence-electron chi connectivity index (χ3n) is 4.82. The van der Waals surface area contributed by atoms with Crippen molar-refractivity contribution in [3.8, 4) is 5.75 Å². The lowest BCUT2D eigenvalue weighted by Crippen LogP contribution is -2.04. The highest BCUT2D eigenvalue weighted by Gasteiger charge is 2.30. The van der Waals surface area contributed by atoms with Crippen molar-refractivity contribution in [3.63, 3.8) is 0 Å². The van der Waals surface area contributed by atoms with Crippen LogP contribution in [0.3, 0.4) is 0 Å². The summed E-state index contributed by atoms with van der Waals surface area (Å²) < 4.78 is 6.87.